The predicted molar refractivity (Wildman–Crippen MR) is 230 cm³/mol. The molecule has 0 unspecified atom stereocenters. The molecular formula is C52H30N2O. The molecule has 13 rings (SSSR count). The number of fused-ring (bicyclic) bond motifs is 14. The van der Waals surface area contributed by atoms with E-state index in [1.165, 1.54) is 82.5 Å². The minimum Gasteiger partial charge on any atom is -0.455 e. The molecule has 3 nitrogen and oxygen atoms in total. The van der Waals surface area contributed by atoms with E-state index in [0.717, 1.165) is 38.5 Å². The Labute approximate surface area is 315 Å². The molecule has 0 bridgehead atoms. The Bertz CT molecular complexity index is 3550. The van der Waals surface area contributed by atoms with Crippen molar-refractivity contribution in [1.29, 1.82) is 0 Å². The van der Waals surface area contributed by atoms with E-state index >= 15 is 0 Å². The third-order valence-electron chi connectivity index (χ3n) is 12.1. The number of hydrogen-bond acceptors (Lipinski definition) is 1. The summed E-state index contributed by atoms with van der Waals surface area (Å²) in [5.74, 6) is 0. The van der Waals surface area contributed by atoms with Gasteiger partial charge in [0.25, 0.3) is 0 Å². The molecule has 0 aliphatic heterocycles. The average Bonchev–Trinajstić information content (AvgIpc) is 3.99. The first kappa shape index (κ1) is 29.1. The molecule has 0 amide bonds. The lowest BCUT2D eigenvalue weighted by Crippen LogP contribution is -1.96. The summed E-state index contributed by atoms with van der Waals surface area (Å²) >= 11 is 0. The van der Waals surface area contributed by atoms with Crippen molar-refractivity contribution in [3.05, 3.63) is 182 Å². The van der Waals surface area contributed by atoms with Crippen LogP contribution in [0.15, 0.2) is 186 Å². The molecule has 1 aliphatic carbocycles. The van der Waals surface area contributed by atoms with E-state index in [1.807, 2.05) is 0 Å². The number of rotatable bonds is 3. The molecule has 0 fully saturated rings. The zero-order valence-electron chi connectivity index (χ0n) is 29.6. The quantitative estimate of drug-likeness (QED) is 0.180. The van der Waals surface area contributed by atoms with Crippen molar-refractivity contribution in [3.63, 3.8) is 0 Å². The van der Waals surface area contributed by atoms with Crippen molar-refractivity contribution >= 4 is 76.3 Å². The molecule has 0 saturated heterocycles. The van der Waals surface area contributed by atoms with Crippen LogP contribution in [0, 0.1) is 0 Å². The van der Waals surface area contributed by atoms with E-state index in [2.05, 4.69) is 191 Å². The van der Waals surface area contributed by atoms with Crippen LogP contribution in [0.1, 0.15) is 0 Å². The fourth-order valence-corrected chi connectivity index (χ4v) is 9.77. The van der Waals surface area contributed by atoms with Crippen LogP contribution < -0.4 is 0 Å². The van der Waals surface area contributed by atoms with Gasteiger partial charge in [-0.3, -0.25) is 0 Å². The number of furan rings is 1. The van der Waals surface area contributed by atoms with Crippen molar-refractivity contribution in [2.75, 3.05) is 0 Å². The van der Waals surface area contributed by atoms with Crippen molar-refractivity contribution in [1.82, 2.24) is 9.13 Å². The Kier molecular flexibility index (Phi) is 5.63. The van der Waals surface area contributed by atoms with Gasteiger partial charge in [0.15, 0.2) is 0 Å². The van der Waals surface area contributed by atoms with E-state index in [-0.39, 0.29) is 0 Å². The predicted octanol–water partition coefficient (Wildman–Crippen LogP) is 14.2. The van der Waals surface area contributed by atoms with Crippen LogP contribution >= 0.6 is 0 Å². The van der Waals surface area contributed by atoms with Crippen LogP contribution in [-0.2, 0) is 0 Å². The van der Waals surface area contributed by atoms with Crippen molar-refractivity contribution in [2.45, 2.75) is 0 Å². The van der Waals surface area contributed by atoms with E-state index in [4.69, 9.17) is 4.42 Å². The fraction of sp³-hybridized carbons (Fsp3) is 0. The van der Waals surface area contributed by atoms with E-state index in [9.17, 15) is 0 Å². The highest BCUT2D eigenvalue weighted by molar-refractivity contribution is 6.31. The van der Waals surface area contributed by atoms with Gasteiger partial charge >= 0.3 is 0 Å². The van der Waals surface area contributed by atoms with Crippen LogP contribution in [0.3, 0.4) is 0 Å². The molecule has 0 N–H and O–H groups in total. The van der Waals surface area contributed by atoms with Gasteiger partial charge < -0.3 is 13.6 Å². The normalized spacial score (nSPS) is 12.4. The largest absolute Gasteiger partial charge is 0.455 e. The molecule has 3 heterocycles. The highest BCUT2D eigenvalue weighted by Crippen LogP contribution is 2.50. The second kappa shape index (κ2) is 10.6. The lowest BCUT2D eigenvalue weighted by Gasteiger charge is -2.14. The second-order valence-corrected chi connectivity index (χ2v) is 14.8. The maximum atomic E-state index is 6.76. The van der Waals surface area contributed by atoms with Gasteiger partial charge in [-0.15, -0.1) is 0 Å². The monoisotopic (exact) mass is 698 g/mol. The third kappa shape index (κ3) is 3.79. The Morgan fingerprint density at radius 1 is 0.327 bits per heavy atom. The van der Waals surface area contributed by atoms with Crippen LogP contribution in [0.25, 0.3) is 121 Å². The summed E-state index contributed by atoms with van der Waals surface area (Å²) < 4.78 is 11.7. The lowest BCUT2D eigenvalue weighted by atomic mass is 10.0. The molecule has 3 heteroatoms. The number of para-hydroxylation sites is 2. The Balaban J connectivity index is 1.17. The summed E-state index contributed by atoms with van der Waals surface area (Å²) in [6, 6.07) is 66.4. The van der Waals surface area contributed by atoms with Gasteiger partial charge in [-0.2, -0.15) is 0 Å². The molecule has 3 aromatic heterocycles. The van der Waals surface area contributed by atoms with Gasteiger partial charge in [-0.25, -0.2) is 0 Å². The van der Waals surface area contributed by atoms with Crippen molar-refractivity contribution in [2.24, 2.45) is 0 Å². The second-order valence-electron chi connectivity index (χ2n) is 14.8. The number of aromatic nitrogens is 2. The topological polar surface area (TPSA) is 23.0 Å². The molecule has 0 atom stereocenters. The van der Waals surface area contributed by atoms with Gasteiger partial charge in [0.1, 0.15) is 11.2 Å². The highest BCUT2D eigenvalue weighted by Gasteiger charge is 2.26. The standard InChI is InChI=1S/C52H30N2O/c1-2-11-31(12-3-1)32-21-23-33(24-22-32)53-46-29-26-39-36-15-7-9-20-47(36)55-52(39)50(46)42-27-30-45-49(51(42)53)41-16-6-8-19-43(41)54(45)44-28-25-38-35-14-5-4-13-34(35)37-17-10-18-40(44)48(37)38/h1-30H. The maximum absolute atomic E-state index is 6.76. The number of benzene rings is 9. The van der Waals surface area contributed by atoms with Crippen molar-refractivity contribution in [3.8, 4) is 44.8 Å². The average molecular weight is 699 g/mol. The van der Waals surface area contributed by atoms with E-state index < -0.39 is 0 Å². The molecule has 9 aromatic carbocycles. The molecule has 254 valence electrons. The SMILES string of the molecule is c1ccc(-c2ccc(-n3c4ccc5c6ccccc6oc5c4c4ccc5c(c6ccccc6n5-c5ccc6c7c(cccc57)-c5ccccc5-6)c43)cc2)cc1. The first-order valence-corrected chi connectivity index (χ1v) is 18.9. The van der Waals surface area contributed by atoms with E-state index in [0.29, 0.717) is 0 Å². The molecule has 12 aromatic rings. The van der Waals surface area contributed by atoms with Crippen LogP contribution in [0.4, 0.5) is 0 Å². The van der Waals surface area contributed by atoms with Crippen LogP contribution in [0.2, 0.25) is 0 Å². The molecular weight excluding hydrogens is 669 g/mol. The van der Waals surface area contributed by atoms with Gasteiger partial charge in [-0.1, -0.05) is 127 Å². The van der Waals surface area contributed by atoms with Gasteiger partial charge in [0.2, 0.25) is 0 Å². The third-order valence-corrected chi connectivity index (χ3v) is 12.1. The number of hydrogen-bond donors (Lipinski definition) is 0. The minimum absolute atomic E-state index is 0.907. The van der Waals surface area contributed by atoms with Crippen LogP contribution in [0.5, 0.6) is 0 Å². The lowest BCUT2D eigenvalue weighted by molar-refractivity contribution is 0.673. The molecule has 55 heavy (non-hydrogen) atoms. The Hall–Kier alpha value is -7.36. The zero-order chi connectivity index (χ0) is 35.8. The van der Waals surface area contributed by atoms with E-state index in [1.54, 1.807) is 0 Å². The summed E-state index contributed by atoms with van der Waals surface area (Å²) in [5, 5.41) is 9.63. The summed E-state index contributed by atoms with van der Waals surface area (Å²) in [6.45, 7) is 0. The molecule has 0 saturated carbocycles. The van der Waals surface area contributed by atoms with Gasteiger partial charge in [0, 0.05) is 38.0 Å². The molecule has 0 spiro atoms. The maximum Gasteiger partial charge on any atom is 0.145 e. The highest BCUT2D eigenvalue weighted by atomic mass is 16.3. The summed E-state index contributed by atoms with van der Waals surface area (Å²) in [7, 11) is 0. The van der Waals surface area contributed by atoms with Crippen molar-refractivity contribution < 1.29 is 4.42 Å². The summed E-state index contributed by atoms with van der Waals surface area (Å²) in [5.41, 5.74) is 16.4. The fourth-order valence-electron chi connectivity index (χ4n) is 9.77. The summed E-state index contributed by atoms with van der Waals surface area (Å²) in [4.78, 5) is 0. The first-order chi connectivity index (χ1) is 27.3. The Morgan fingerprint density at radius 3 is 1.80 bits per heavy atom. The zero-order valence-corrected chi connectivity index (χ0v) is 29.6. The van der Waals surface area contributed by atoms with Gasteiger partial charge in [-0.05, 0) is 93.4 Å². The van der Waals surface area contributed by atoms with Crippen LogP contribution in [-0.4, -0.2) is 9.13 Å². The molecule has 1 aliphatic rings. The smallest absolute Gasteiger partial charge is 0.145 e. The molecule has 0 radical (unpaired) electrons. The number of nitrogens with zero attached hydrogens (tertiary/aromatic N) is 2. The minimum atomic E-state index is 0.907. The Morgan fingerprint density at radius 2 is 0.964 bits per heavy atom. The summed E-state index contributed by atoms with van der Waals surface area (Å²) in [6.07, 6.45) is 0. The first-order valence-electron chi connectivity index (χ1n) is 18.9. The van der Waals surface area contributed by atoms with Gasteiger partial charge in [0.05, 0.1) is 33.1 Å².